The smallest absolute Gasteiger partial charge is 0.262 e. The summed E-state index contributed by atoms with van der Waals surface area (Å²) in [5.74, 6) is -0.694. The van der Waals surface area contributed by atoms with Gasteiger partial charge in [-0.15, -0.1) is 0 Å². The maximum absolute atomic E-state index is 12.8. The van der Waals surface area contributed by atoms with Gasteiger partial charge < -0.3 is 5.73 Å². The summed E-state index contributed by atoms with van der Waals surface area (Å²) in [4.78, 5) is 24.6. The maximum atomic E-state index is 12.8. The molecule has 1 heterocycles. The van der Waals surface area contributed by atoms with Crippen molar-refractivity contribution in [3.63, 3.8) is 0 Å². The van der Waals surface area contributed by atoms with Crippen LogP contribution in [-0.4, -0.2) is 16.4 Å². The molecule has 2 N–H and O–H groups in total. The van der Waals surface area contributed by atoms with Gasteiger partial charge in [0.25, 0.3) is 11.8 Å². The fourth-order valence-electron chi connectivity index (χ4n) is 2.66. The molecule has 3 aromatic rings. The lowest BCUT2D eigenvalue weighted by Crippen LogP contribution is -2.16. The Bertz CT molecular complexity index is 895. The highest BCUT2D eigenvalue weighted by Gasteiger charge is 2.22. The molecule has 0 aliphatic heterocycles. The van der Waals surface area contributed by atoms with Crippen molar-refractivity contribution >= 4 is 45.3 Å². The predicted molar refractivity (Wildman–Crippen MR) is 94.1 cm³/mol. The first kappa shape index (κ1) is 14.8. The first-order valence-electron chi connectivity index (χ1n) is 6.71. The number of hydrogen-bond acceptors (Lipinski definition) is 2. The largest absolute Gasteiger partial charge is 0.366 e. The van der Waals surface area contributed by atoms with E-state index in [-0.39, 0.29) is 5.91 Å². The molecule has 0 fully saturated rings. The summed E-state index contributed by atoms with van der Waals surface area (Å²) in [7, 11) is 0. The first-order valence-corrected chi connectivity index (χ1v) is 7.78. The summed E-state index contributed by atoms with van der Waals surface area (Å²) < 4.78 is 2.61. The second-order valence-corrected chi connectivity index (χ2v) is 6.23. The maximum Gasteiger partial charge on any atom is 0.262 e. The molecule has 4 nitrogen and oxygen atoms in total. The average molecular weight is 404 g/mol. The number of carbonyl (C=O) groups excluding carboxylic acids is 2. The highest BCUT2D eigenvalue weighted by Crippen LogP contribution is 2.26. The Kier molecular flexibility index (Phi) is 3.74. The predicted octanol–water partition coefficient (Wildman–Crippen LogP) is 3.34. The molecule has 110 valence electrons. The Labute approximate surface area is 141 Å². The van der Waals surface area contributed by atoms with Crippen LogP contribution in [0.1, 0.15) is 26.4 Å². The van der Waals surface area contributed by atoms with Gasteiger partial charge in [-0.1, -0.05) is 18.2 Å². The van der Waals surface area contributed by atoms with Crippen molar-refractivity contribution in [3.05, 3.63) is 68.9 Å². The summed E-state index contributed by atoms with van der Waals surface area (Å²) in [5.41, 5.74) is 7.71. The molecular formula is C17H13IN2O2. The Balaban J connectivity index is 2.27. The lowest BCUT2D eigenvalue weighted by molar-refractivity contribution is 0.0963. The van der Waals surface area contributed by atoms with E-state index in [1.165, 1.54) is 0 Å². The zero-order valence-corrected chi connectivity index (χ0v) is 14.0. The standard InChI is InChI=1S/C17H13IN2O2/c1-10-15(16(19)21)13-4-2-3-5-14(13)20(10)17(22)11-6-8-12(18)9-7-11/h2-9H,1H3,(H2,19,21). The van der Waals surface area contributed by atoms with Crippen LogP contribution in [0.15, 0.2) is 48.5 Å². The van der Waals surface area contributed by atoms with Crippen molar-refractivity contribution < 1.29 is 9.59 Å². The third-order valence-electron chi connectivity index (χ3n) is 3.65. The van der Waals surface area contributed by atoms with Gasteiger partial charge in [-0.25, -0.2) is 0 Å². The number of primary amides is 1. The van der Waals surface area contributed by atoms with Crippen molar-refractivity contribution in [1.29, 1.82) is 0 Å². The van der Waals surface area contributed by atoms with E-state index in [0.717, 1.165) is 3.57 Å². The number of amides is 1. The van der Waals surface area contributed by atoms with Gasteiger partial charge in [0.15, 0.2) is 0 Å². The van der Waals surface area contributed by atoms with Crippen LogP contribution in [0.4, 0.5) is 0 Å². The van der Waals surface area contributed by atoms with Crippen LogP contribution in [0.3, 0.4) is 0 Å². The fraction of sp³-hybridized carbons (Fsp3) is 0.0588. The van der Waals surface area contributed by atoms with E-state index in [0.29, 0.717) is 27.7 Å². The van der Waals surface area contributed by atoms with Gasteiger partial charge in [-0.3, -0.25) is 14.2 Å². The Hall–Kier alpha value is -2.15. The molecule has 1 amide bonds. The SMILES string of the molecule is Cc1c(C(N)=O)c2ccccc2n1C(=O)c1ccc(I)cc1. The van der Waals surface area contributed by atoms with Gasteiger partial charge in [0.1, 0.15) is 0 Å². The van der Waals surface area contributed by atoms with Crippen molar-refractivity contribution in [2.45, 2.75) is 6.92 Å². The minimum absolute atomic E-state index is 0.169. The van der Waals surface area contributed by atoms with Crippen LogP contribution in [0.5, 0.6) is 0 Å². The minimum Gasteiger partial charge on any atom is -0.366 e. The third-order valence-corrected chi connectivity index (χ3v) is 4.37. The lowest BCUT2D eigenvalue weighted by Gasteiger charge is -2.07. The van der Waals surface area contributed by atoms with Gasteiger partial charge in [0, 0.05) is 20.2 Å². The average Bonchev–Trinajstić information content (AvgIpc) is 2.79. The molecule has 0 bridgehead atoms. The summed E-state index contributed by atoms with van der Waals surface area (Å²) in [6.07, 6.45) is 0. The van der Waals surface area contributed by atoms with Gasteiger partial charge >= 0.3 is 0 Å². The minimum atomic E-state index is -0.525. The number of nitrogens with two attached hydrogens (primary N) is 1. The van der Waals surface area contributed by atoms with E-state index in [9.17, 15) is 9.59 Å². The zero-order valence-electron chi connectivity index (χ0n) is 11.8. The molecular weight excluding hydrogens is 391 g/mol. The van der Waals surface area contributed by atoms with E-state index in [4.69, 9.17) is 5.73 Å². The van der Waals surface area contributed by atoms with Gasteiger partial charge in [0.05, 0.1) is 11.1 Å². The molecule has 5 heteroatoms. The molecule has 0 spiro atoms. The zero-order chi connectivity index (χ0) is 15.9. The lowest BCUT2D eigenvalue weighted by atomic mass is 10.1. The van der Waals surface area contributed by atoms with Gasteiger partial charge in [0.2, 0.25) is 0 Å². The summed E-state index contributed by atoms with van der Waals surface area (Å²) in [6, 6.07) is 14.6. The number of rotatable bonds is 2. The van der Waals surface area contributed by atoms with E-state index in [2.05, 4.69) is 22.6 Å². The molecule has 3 rings (SSSR count). The number of benzene rings is 2. The second kappa shape index (κ2) is 5.57. The molecule has 0 unspecified atom stereocenters. The molecule has 2 aromatic carbocycles. The van der Waals surface area contributed by atoms with Crippen molar-refractivity contribution in [1.82, 2.24) is 4.57 Å². The summed E-state index contributed by atoms with van der Waals surface area (Å²) >= 11 is 2.19. The van der Waals surface area contributed by atoms with Crippen LogP contribution >= 0.6 is 22.6 Å². The molecule has 0 aliphatic carbocycles. The van der Waals surface area contributed by atoms with Crippen LogP contribution in [0.2, 0.25) is 0 Å². The molecule has 0 saturated heterocycles. The number of fused-ring (bicyclic) bond motifs is 1. The third kappa shape index (κ3) is 2.31. The fourth-order valence-corrected chi connectivity index (χ4v) is 3.02. The number of para-hydroxylation sites is 1. The number of aromatic nitrogens is 1. The first-order chi connectivity index (χ1) is 10.5. The van der Waals surface area contributed by atoms with Crippen LogP contribution in [0, 0.1) is 10.5 Å². The van der Waals surface area contributed by atoms with Crippen LogP contribution in [0.25, 0.3) is 10.9 Å². The normalized spacial score (nSPS) is 10.8. The van der Waals surface area contributed by atoms with Crippen LogP contribution < -0.4 is 5.73 Å². The highest BCUT2D eigenvalue weighted by atomic mass is 127. The quantitative estimate of drug-likeness (QED) is 0.666. The molecule has 0 aliphatic rings. The van der Waals surface area contributed by atoms with E-state index < -0.39 is 5.91 Å². The van der Waals surface area contributed by atoms with Gasteiger partial charge in [-0.2, -0.15) is 0 Å². The van der Waals surface area contributed by atoms with Crippen molar-refractivity contribution in [3.8, 4) is 0 Å². The number of nitrogens with zero attached hydrogens (tertiary/aromatic N) is 1. The van der Waals surface area contributed by atoms with E-state index in [1.54, 1.807) is 29.7 Å². The monoisotopic (exact) mass is 404 g/mol. The topological polar surface area (TPSA) is 65.1 Å². The van der Waals surface area contributed by atoms with Gasteiger partial charge in [-0.05, 0) is 59.8 Å². The van der Waals surface area contributed by atoms with Crippen molar-refractivity contribution in [2.75, 3.05) is 0 Å². The summed E-state index contributed by atoms with van der Waals surface area (Å²) in [6.45, 7) is 1.74. The van der Waals surface area contributed by atoms with Crippen molar-refractivity contribution in [2.24, 2.45) is 5.73 Å². The van der Waals surface area contributed by atoms with E-state index >= 15 is 0 Å². The number of halogens is 1. The Morgan fingerprint density at radius 1 is 1.05 bits per heavy atom. The van der Waals surface area contributed by atoms with Crippen LogP contribution in [-0.2, 0) is 0 Å². The number of carbonyl (C=O) groups is 2. The molecule has 1 aromatic heterocycles. The highest BCUT2D eigenvalue weighted by molar-refractivity contribution is 14.1. The molecule has 0 saturated carbocycles. The second-order valence-electron chi connectivity index (χ2n) is 4.99. The molecule has 0 radical (unpaired) electrons. The van der Waals surface area contributed by atoms with E-state index in [1.807, 2.05) is 30.3 Å². The Morgan fingerprint density at radius 2 is 1.68 bits per heavy atom. The Morgan fingerprint density at radius 3 is 2.32 bits per heavy atom. The number of hydrogen-bond donors (Lipinski definition) is 1. The molecule has 0 atom stereocenters. The summed E-state index contributed by atoms with van der Waals surface area (Å²) in [5, 5.41) is 0.700. The molecule has 22 heavy (non-hydrogen) atoms.